The van der Waals surface area contributed by atoms with Gasteiger partial charge in [-0.05, 0) is 66.8 Å². The van der Waals surface area contributed by atoms with Gasteiger partial charge in [-0.15, -0.1) is 17.9 Å². The Balaban J connectivity index is 1.51. The minimum atomic E-state index is -0.331. The van der Waals surface area contributed by atoms with E-state index in [1.807, 2.05) is 30.5 Å². The summed E-state index contributed by atoms with van der Waals surface area (Å²) < 4.78 is 19.2. The van der Waals surface area contributed by atoms with Gasteiger partial charge >= 0.3 is 0 Å². The van der Waals surface area contributed by atoms with Crippen molar-refractivity contribution in [3.05, 3.63) is 100 Å². The van der Waals surface area contributed by atoms with Crippen LogP contribution in [0.4, 0.5) is 4.39 Å². The zero-order chi connectivity index (χ0) is 24.1. The molecule has 0 saturated heterocycles. The molecule has 0 bridgehead atoms. The number of thiophene rings is 1. The molecule has 2 heterocycles. The lowest BCUT2D eigenvalue weighted by atomic mass is 10.0. The smallest absolute Gasteiger partial charge is 0.254 e. The van der Waals surface area contributed by atoms with Gasteiger partial charge in [-0.3, -0.25) is 9.59 Å². The Kier molecular flexibility index (Phi) is 7.43. The number of carbonyl (C=O) groups excluding carboxylic acids is 2. The van der Waals surface area contributed by atoms with Gasteiger partial charge < -0.3 is 14.5 Å². The first-order chi connectivity index (χ1) is 16.5. The number of aryl methyl sites for hydroxylation is 1. The predicted molar refractivity (Wildman–Crippen MR) is 132 cm³/mol. The summed E-state index contributed by atoms with van der Waals surface area (Å²) >= 11 is 1.67. The van der Waals surface area contributed by atoms with Crippen LogP contribution in [0, 0.1) is 12.7 Å². The molecule has 1 aliphatic heterocycles. The minimum Gasteiger partial charge on any atom is -0.491 e. The molecule has 1 aromatic heterocycles. The van der Waals surface area contributed by atoms with E-state index in [-0.39, 0.29) is 43.4 Å². The molecule has 5 nitrogen and oxygen atoms in total. The van der Waals surface area contributed by atoms with E-state index in [4.69, 9.17) is 4.74 Å². The Morgan fingerprint density at radius 3 is 2.62 bits per heavy atom. The summed E-state index contributed by atoms with van der Waals surface area (Å²) in [5.41, 5.74) is 2.66. The van der Waals surface area contributed by atoms with Crippen LogP contribution in [-0.2, 0) is 11.2 Å². The van der Waals surface area contributed by atoms with E-state index in [0.29, 0.717) is 17.9 Å². The third-order valence-corrected chi connectivity index (χ3v) is 6.89. The zero-order valence-corrected chi connectivity index (χ0v) is 19.9. The average molecular weight is 479 g/mol. The van der Waals surface area contributed by atoms with Crippen molar-refractivity contribution in [3.63, 3.8) is 0 Å². The van der Waals surface area contributed by atoms with Gasteiger partial charge in [0.15, 0.2) is 0 Å². The van der Waals surface area contributed by atoms with E-state index in [2.05, 4.69) is 6.58 Å². The van der Waals surface area contributed by atoms with Crippen LogP contribution >= 0.6 is 11.3 Å². The highest BCUT2D eigenvalue weighted by molar-refractivity contribution is 7.10. The molecule has 0 radical (unpaired) electrons. The largest absolute Gasteiger partial charge is 0.491 e. The van der Waals surface area contributed by atoms with Crippen LogP contribution in [0.15, 0.2) is 72.6 Å². The van der Waals surface area contributed by atoms with Crippen molar-refractivity contribution in [2.75, 3.05) is 26.2 Å². The Morgan fingerprint density at radius 1 is 1.18 bits per heavy atom. The highest BCUT2D eigenvalue weighted by atomic mass is 32.1. The molecule has 2 amide bonds. The molecule has 3 aromatic rings. The first-order valence-corrected chi connectivity index (χ1v) is 12.0. The van der Waals surface area contributed by atoms with Crippen molar-refractivity contribution in [2.24, 2.45) is 0 Å². The molecule has 1 atom stereocenters. The fraction of sp³-hybridized carbons (Fsp3) is 0.259. The van der Waals surface area contributed by atoms with Crippen molar-refractivity contribution in [2.45, 2.75) is 19.4 Å². The second-order valence-corrected chi connectivity index (χ2v) is 9.26. The normalized spacial score (nSPS) is 14.9. The molecule has 4 rings (SSSR count). The van der Waals surface area contributed by atoms with E-state index in [1.165, 1.54) is 21.9 Å². The first-order valence-electron chi connectivity index (χ1n) is 11.2. The number of hydrogen-bond acceptors (Lipinski definition) is 4. The van der Waals surface area contributed by atoms with E-state index in [1.54, 1.807) is 46.6 Å². The van der Waals surface area contributed by atoms with E-state index in [0.717, 1.165) is 17.5 Å². The van der Waals surface area contributed by atoms with Crippen LogP contribution in [-0.4, -0.2) is 47.9 Å². The Hall–Kier alpha value is -3.45. The Bertz CT molecular complexity index is 1160. The monoisotopic (exact) mass is 478 g/mol. The van der Waals surface area contributed by atoms with Crippen molar-refractivity contribution >= 4 is 23.2 Å². The number of carbonyl (C=O) groups is 2. The summed E-state index contributed by atoms with van der Waals surface area (Å²) in [7, 11) is 0. The maximum atomic E-state index is 13.5. The van der Waals surface area contributed by atoms with Crippen molar-refractivity contribution in [1.29, 1.82) is 0 Å². The van der Waals surface area contributed by atoms with Crippen LogP contribution in [0.1, 0.15) is 32.4 Å². The van der Waals surface area contributed by atoms with Crippen molar-refractivity contribution in [1.82, 2.24) is 9.80 Å². The fourth-order valence-corrected chi connectivity index (χ4v) is 5.02. The summed E-state index contributed by atoms with van der Waals surface area (Å²) in [4.78, 5) is 31.1. The van der Waals surface area contributed by atoms with Crippen molar-refractivity contribution in [3.8, 4) is 5.75 Å². The molecule has 2 aromatic carbocycles. The molecule has 176 valence electrons. The first kappa shape index (κ1) is 23.7. The van der Waals surface area contributed by atoms with E-state index >= 15 is 0 Å². The van der Waals surface area contributed by atoms with Crippen molar-refractivity contribution < 1.29 is 18.7 Å². The Labute approximate surface area is 203 Å². The number of amides is 2. The molecule has 34 heavy (non-hydrogen) atoms. The van der Waals surface area contributed by atoms with Gasteiger partial charge in [0.1, 0.15) is 24.7 Å². The standard InChI is InChI=1S/C27H27FN2O3S/c1-3-14-29(27(32)20-6-4-19(2)5-7-20)17-26(31)30-15-12-25-23(13-16-34-25)24(30)18-33-22-10-8-21(28)9-11-22/h3-11,13,16,24H,1,12,14-15,17-18H2,2H3. The molecule has 0 spiro atoms. The maximum Gasteiger partial charge on any atom is 0.254 e. The van der Waals surface area contributed by atoms with E-state index in [9.17, 15) is 14.0 Å². The second kappa shape index (κ2) is 10.7. The van der Waals surface area contributed by atoms with Crippen LogP contribution < -0.4 is 4.74 Å². The summed E-state index contributed by atoms with van der Waals surface area (Å²) in [5, 5.41) is 2.02. The molecule has 1 unspecified atom stereocenters. The summed E-state index contributed by atoms with van der Waals surface area (Å²) in [6, 6.07) is 14.9. The van der Waals surface area contributed by atoms with Crippen LogP contribution in [0.5, 0.6) is 5.75 Å². The number of ether oxygens (including phenoxy) is 1. The summed E-state index contributed by atoms with van der Waals surface area (Å²) in [5.74, 6) is -0.144. The van der Waals surface area contributed by atoms with Gasteiger partial charge in [-0.2, -0.15) is 0 Å². The van der Waals surface area contributed by atoms with E-state index < -0.39 is 0 Å². The highest BCUT2D eigenvalue weighted by Gasteiger charge is 2.33. The molecular formula is C27H27FN2O3S. The minimum absolute atomic E-state index is 0.0503. The molecule has 1 aliphatic rings. The van der Waals surface area contributed by atoms with Gasteiger partial charge in [0.25, 0.3) is 5.91 Å². The molecule has 0 aliphatic carbocycles. The van der Waals surface area contributed by atoms with Gasteiger partial charge in [0, 0.05) is 23.5 Å². The number of halogens is 1. The number of fused-ring (bicyclic) bond motifs is 1. The quantitative estimate of drug-likeness (QED) is 0.427. The lowest BCUT2D eigenvalue weighted by Crippen LogP contribution is -2.47. The summed E-state index contributed by atoms with van der Waals surface area (Å²) in [6.07, 6.45) is 2.39. The van der Waals surface area contributed by atoms with Gasteiger partial charge in [-0.25, -0.2) is 4.39 Å². The highest BCUT2D eigenvalue weighted by Crippen LogP contribution is 2.34. The van der Waals surface area contributed by atoms with Crippen LogP contribution in [0.25, 0.3) is 0 Å². The van der Waals surface area contributed by atoms with Crippen LogP contribution in [0.3, 0.4) is 0 Å². The number of rotatable bonds is 8. The SMILES string of the molecule is C=CCN(CC(=O)N1CCc2sccc2C1COc1ccc(F)cc1)C(=O)c1ccc(C)cc1. The number of nitrogens with zero attached hydrogens (tertiary/aromatic N) is 2. The molecule has 7 heteroatoms. The third-order valence-electron chi connectivity index (χ3n) is 5.90. The van der Waals surface area contributed by atoms with Crippen LogP contribution in [0.2, 0.25) is 0 Å². The maximum absolute atomic E-state index is 13.5. The lowest BCUT2D eigenvalue weighted by molar-refractivity contribution is -0.135. The average Bonchev–Trinajstić information content (AvgIpc) is 3.32. The topological polar surface area (TPSA) is 49.9 Å². The number of benzene rings is 2. The van der Waals surface area contributed by atoms with Gasteiger partial charge in [0.05, 0.1) is 6.04 Å². The third kappa shape index (κ3) is 5.37. The molecule has 0 fully saturated rings. The molecule has 0 saturated carbocycles. The second-order valence-electron chi connectivity index (χ2n) is 8.26. The van der Waals surface area contributed by atoms with Gasteiger partial charge in [0.2, 0.25) is 5.91 Å². The Morgan fingerprint density at radius 2 is 1.91 bits per heavy atom. The number of hydrogen-bond donors (Lipinski definition) is 0. The summed E-state index contributed by atoms with van der Waals surface area (Å²) in [6.45, 7) is 6.72. The zero-order valence-electron chi connectivity index (χ0n) is 19.1. The fourth-order valence-electron chi connectivity index (χ4n) is 4.09. The van der Waals surface area contributed by atoms with Gasteiger partial charge in [-0.1, -0.05) is 23.8 Å². The lowest BCUT2D eigenvalue weighted by Gasteiger charge is -2.37. The molecular weight excluding hydrogens is 451 g/mol. The predicted octanol–water partition coefficient (Wildman–Crippen LogP) is 5.03. The molecule has 0 N–H and O–H groups in total.